The second kappa shape index (κ2) is 6.48. The van der Waals surface area contributed by atoms with Gasteiger partial charge < -0.3 is 5.32 Å². The van der Waals surface area contributed by atoms with Gasteiger partial charge in [0.15, 0.2) is 0 Å². The number of rotatable bonds is 3. The van der Waals surface area contributed by atoms with Crippen LogP contribution in [-0.2, 0) is 0 Å². The van der Waals surface area contributed by atoms with Gasteiger partial charge in [0.1, 0.15) is 0 Å². The molecule has 0 radical (unpaired) electrons. The molecule has 0 aliphatic rings. The molecule has 4 aromatic rings. The molecule has 4 nitrogen and oxygen atoms in total. The summed E-state index contributed by atoms with van der Waals surface area (Å²) >= 11 is 0. The maximum absolute atomic E-state index is 12.9. The molecule has 3 aromatic carbocycles. The van der Waals surface area contributed by atoms with Crippen molar-refractivity contribution in [1.82, 2.24) is 9.78 Å². The van der Waals surface area contributed by atoms with Crippen molar-refractivity contribution in [3.05, 3.63) is 89.7 Å². The Hall–Kier alpha value is -3.40. The average molecular weight is 341 g/mol. The number of nitrogens with zero attached hydrogens (tertiary/aromatic N) is 2. The second-order valence-electron chi connectivity index (χ2n) is 6.31. The topological polar surface area (TPSA) is 46.9 Å². The summed E-state index contributed by atoms with van der Waals surface area (Å²) in [6, 6.07) is 23.8. The molecule has 0 unspecified atom stereocenters. The van der Waals surface area contributed by atoms with Gasteiger partial charge in [0, 0.05) is 5.69 Å². The summed E-state index contributed by atoms with van der Waals surface area (Å²) in [6.07, 6.45) is 0. The normalized spacial score (nSPS) is 10.8. The van der Waals surface area contributed by atoms with Crippen molar-refractivity contribution in [3.63, 3.8) is 0 Å². The van der Waals surface area contributed by atoms with E-state index in [2.05, 4.69) is 16.5 Å². The Morgan fingerprint density at radius 2 is 1.58 bits per heavy atom. The molecule has 0 fully saturated rings. The summed E-state index contributed by atoms with van der Waals surface area (Å²) in [5, 5.41) is 9.80. The van der Waals surface area contributed by atoms with Gasteiger partial charge in [-0.15, -0.1) is 0 Å². The highest BCUT2D eigenvalue weighted by Crippen LogP contribution is 2.22. The highest BCUT2D eigenvalue weighted by molar-refractivity contribution is 6.06. The predicted octanol–water partition coefficient (Wildman–Crippen LogP) is 4.89. The third-order valence-corrected chi connectivity index (χ3v) is 4.53. The van der Waals surface area contributed by atoms with E-state index in [1.807, 2.05) is 85.3 Å². The van der Waals surface area contributed by atoms with Crippen LogP contribution >= 0.6 is 0 Å². The zero-order valence-corrected chi connectivity index (χ0v) is 14.7. The van der Waals surface area contributed by atoms with Crippen LogP contribution in [0.3, 0.4) is 0 Å². The number of carbonyl (C=O) groups excluding carboxylic acids is 1. The van der Waals surface area contributed by atoms with Crippen LogP contribution < -0.4 is 5.32 Å². The number of carbonyl (C=O) groups is 1. The molecule has 0 bridgehead atoms. The Kier molecular flexibility index (Phi) is 4.01. The third kappa shape index (κ3) is 2.86. The van der Waals surface area contributed by atoms with Crippen LogP contribution in [0.2, 0.25) is 0 Å². The van der Waals surface area contributed by atoms with Gasteiger partial charge in [-0.1, -0.05) is 48.5 Å². The van der Waals surface area contributed by atoms with Crippen molar-refractivity contribution in [2.24, 2.45) is 0 Å². The molecule has 1 amide bonds. The molecule has 0 aliphatic heterocycles. The Balaban J connectivity index is 1.66. The van der Waals surface area contributed by atoms with E-state index in [0.717, 1.165) is 27.8 Å². The fraction of sp³-hybridized carbons (Fsp3) is 0.0909. The fourth-order valence-electron chi connectivity index (χ4n) is 3.25. The van der Waals surface area contributed by atoms with Crippen LogP contribution in [0.1, 0.15) is 21.7 Å². The minimum atomic E-state index is -0.141. The van der Waals surface area contributed by atoms with Crippen molar-refractivity contribution in [2.45, 2.75) is 13.8 Å². The summed E-state index contributed by atoms with van der Waals surface area (Å²) in [5.74, 6) is -0.141. The summed E-state index contributed by atoms with van der Waals surface area (Å²) in [4.78, 5) is 12.9. The third-order valence-electron chi connectivity index (χ3n) is 4.53. The lowest BCUT2D eigenvalue weighted by molar-refractivity contribution is 0.102. The molecule has 0 aliphatic carbocycles. The monoisotopic (exact) mass is 341 g/mol. The number of aryl methyl sites for hydroxylation is 1. The van der Waals surface area contributed by atoms with Crippen LogP contribution in [0.15, 0.2) is 72.8 Å². The molecule has 4 heteroatoms. The number of amides is 1. The van der Waals surface area contributed by atoms with Gasteiger partial charge in [-0.25, -0.2) is 4.68 Å². The molecule has 26 heavy (non-hydrogen) atoms. The van der Waals surface area contributed by atoms with Crippen molar-refractivity contribution in [1.29, 1.82) is 0 Å². The average Bonchev–Trinajstić information content (AvgIpc) is 2.96. The highest BCUT2D eigenvalue weighted by atomic mass is 16.1. The first kappa shape index (κ1) is 16.1. The number of fused-ring (bicyclic) bond motifs is 1. The van der Waals surface area contributed by atoms with Gasteiger partial charge in [-0.3, -0.25) is 4.79 Å². The van der Waals surface area contributed by atoms with Crippen molar-refractivity contribution in [3.8, 4) is 5.69 Å². The van der Waals surface area contributed by atoms with E-state index in [0.29, 0.717) is 11.3 Å². The van der Waals surface area contributed by atoms with Gasteiger partial charge in [0.25, 0.3) is 5.91 Å². The van der Waals surface area contributed by atoms with E-state index in [4.69, 9.17) is 0 Å². The summed E-state index contributed by atoms with van der Waals surface area (Å²) < 4.78 is 1.81. The molecule has 0 saturated carbocycles. The van der Waals surface area contributed by atoms with Crippen LogP contribution in [0.25, 0.3) is 16.5 Å². The predicted molar refractivity (Wildman–Crippen MR) is 105 cm³/mol. The smallest absolute Gasteiger partial charge is 0.259 e. The standard InChI is InChI=1S/C22H19N3O/c1-15-21(16(2)25(24-15)20-10-4-3-5-11-20)22(26)23-19-13-12-17-8-6-7-9-18(17)14-19/h3-14H,1-2H3,(H,23,26). The highest BCUT2D eigenvalue weighted by Gasteiger charge is 2.19. The van der Waals surface area contributed by atoms with Gasteiger partial charge >= 0.3 is 0 Å². The molecule has 1 aromatic heterocycles. The molecular weight excluding hydrogens is 322 g/mol. The summed E-state index contributed by atoms with van der Waals surface area (Å²) in [7, 11) is 0. The van der Waals surface area contributed by atoms with Gasteiger partial charge in [-0.2, -0.15) is 5.10 Å². The van der Waals surface area contributed by atoms with Gasteiger partial charge in [0.05, 0.1) is 22.6 Å². The maximum Gasteiger partial charge on any atom is 0.259 e. The molecule has 0 atom stereocenters. The zero-order valence-electron chi connectivity index (χ0n) is 14.7. The molecule has 0 spiro atoms. The van der Waals surface area contributed by atoms with E-state index in [9.17, 15) is 4.79 Å². The molecule has 1 heterocycles. The van der Waals surface area contributed by atoms with E-state index in [1.165, 1.54) is 0 Å². The quantitative estimate of drug-likeness (QED) is 0.576. The number of para-hydroxylation sites is 1. The molecule has 4 rings (SSSR count). The van der Waals surface area contributed by atoms with Crippen molar-refractivity contribution < 1.29 is 4.79 Å². The number of aromatic nitrogens is 2. The first-order valence-electron chi connectivity index (χ1n) is 8.55. The largest absolute Gasteiger partial charge is 0.322 e. The van der Waals surface area contributed by atoms with E-state index >= 15 is 0 Å². The zero-order chi connectivity index (χ0) is 18.1. The minimum Gasteiger partial charge on any atom is -0.322 e. The first-order chi connectivity index (χ1) is 12.6. The first-order valence-corrected chi connectivity index (χ1v) is 8.55. The van der Waals surface area contributed by atoms with Crippen LogP contribution in [0, 0.1) is 13.8 Å². The maximum atomic E-state index is 12.9. The lowest BCUT2D eigenvalue weighted by Gasteiger charge is -2.08. The Morgan fingerprint density at radius 3 is 2.35 bits per heavy atom. The number of benzene rings is 3. The molecule has 0 saturated heterocycles. The van der Waals surface area contributed by atoms with Gasteiger partial charge in [-0.05, 0) is 48.9 Å². The minimum absolute atomic E-state index is 0.141. The molecule has 1 N–H and O–H groups in total. The van der Waals surface area contributed by atoms with Crippen molar-refractivity contribution in [2.75, 3.05) is 5.32 Å². The number of hydrogen-bond acceptors (Lipinski definition) is 2. The Labute approximate surface area is 152 Å². The molecular formula is C22H19N3O. The van der Waals surface area contributed by atoms with Crippen LogP contribution in [0.5, 0.6) is 0 Å². The van der Waals surface area contributed by atoms with Crippen LogP contribution in [-0.4, -0.2) is 15.7 Å². The SMILES string of the molecule is Cc1nn(-c2ccccc2)c(C)c1C(=O)Nc1ccc2ccccc2c1. The molecule has 128 valence electrons. The number of anilines is 1. The number of nitrogens with one attached hydrogen (secondary N) is 1. The van der Waals surface area contributed by atoms with E-state index < -0.39 is 0 Å². The Morgan fingerprint density at radius 1 is 0.885 bits per heavy atom. The van der Waals surface area contributed by atoms with Gasteiger partial charge in [0.2, 0.25) is 0 Å². The van der Waals surface area contributed by atoms with E-state index in [-0.39, 0.29) is 5.91 Å². The number of hydrogen-bond donors (Lipinski definition) is 1. The van der Waals surface area contributed by atoms with Crippen LogP contribution in [0.4, 0.5) is 5.69 Å². The Bertz CT molecular complexity index is 1100. The van der Waals surface area contributed by atoms with E-state index in [1.54, 1.807) is 0 Å². The summed E-state index contributed by atoms with van der Waals surface area (Å²) in [6.45, 7) is 3.78. The van der Waals surface area contributed by atoms with Crippen molar-refractivity contribution >= 4 is 22.4 Å². The lowest BCUT2D eigenvalue weighted by Crippen LogP contribution is -2.14. The fourth-order valence-corrected chi connectivity index (χ4v) is 3.25. The summed E-state index contributed by atoms with van der Waals surface area (Å²) in [5.41, 5.74) is 3.87. The lowest BCUT2D eigenvalue weighted by atomic mass is 10.1. The second-order valence-corrected chi connectivity index (χ2v) is 6.31.